The molecule has 0 fully saturated rings. The monoisotopic (exact) mass is 380 g/mol. The molecule has 0 saturated carbocycles. The number of nitrogens with zero attached hydrogens (tertiary/aromatic N) is 1. The van der Waals surface area contributed by atoms with Crippen molar-refractivity contribution < 1.29 is 24.6 Å². The Balaban J connectivity index is 0.000000580. The Kier molecular flexibility index (Phi) is 12.5. The van der Waals surface area contributed by atoms with Crippen molar-refractivity contribution in [1.82, 2.24) is 4.90 Å². The first kappa shape index (κ1) is 24.6. The van der Waals surface area contributed by atoms with E-state index in [1.807, 2.05) is 32.0 Å². The van der Waals surface area contributed by atoms with Gasteiger partial charge in [-0.1, -0.05) is 32.0 Å². The second kappa shape index (κ2) is 13.7. The van der Waals surface area contributed by atoms with Gasteiger partial charge in [-0.15, -0.1) is 0 Å². The third-order valence-electron chi connectivity index (χ3n) is 4.04. The lowest BCUT2D eigenvalue weighted by atomic mass is 10.1. The van der Waals surface area contributed by atoms with Gasteiger partial charge in [0, 0.05) is 18.5 Å². The Hall–Kier alpha value is -2.41. The number of rotatable bonds is 10. The minimum Gasteiger partial charge on any atom is -0.481 e. The zero-order valence-electron chi connectivity index (χ0n) is 16.7. The third kappa shape index (κ3) is 11.8. The van der Waals surface area contributed by atoms with Gasteiger partial charge >= 0.3 is 11.9 Å². The maximum absolute atomic E-state index is 11.9. The number of carboxylic acids is 2. The number of hydrogen-bond donors (Lipinski definition) is 3. The number of nitrogens with one attached hydrogen (secondary N) is 1. The second-order valence-corrected chi connectivity index (χ2v) is 6.27. The molecule has 0 heterocycles. The van der Waals surface area contributed by atoms with Crippen LogP contribution in [-0.4, -0.2) is 52.6 Å². The largest absolute Gasteiger partial charge is 0.481 e. The number of aliphatic carboxylic acids is 2. The van der Waals surface area contributed by atoms with Crippen LogP contribution in [-0.2, 0) is 14.4 Å². The summed E-state index contributed by atoms with van der Waals surface area (Å²) in [5.74, 6) is -1.68. The number of anilines is 1. The number of para-hydroxylation sites is 1. The van der Waals surface area contributed by atoms with E-state index >= 15 is 0 Å². The lowest BCUT2D eigenvalue weighted by Gasteiger charge is -2.18. The van der Waals surface area contributed by atoms with Gasteiger partial charge in [-0.3, -0.25) is 19.3 Å². The van der Waals surface area contributed by atoms with E-state index in [2.05, 4.69) is 24.1 Å². The molecule has 1 aromatic rings. The summed E-state index contributed by atoms with van der Waals surface area (Å²) in [4.78, 5) is 33.8. The van der Waals surface area contributed by atoms with Crippen molar-refractivity contribution in [3.8, 4) is 0 Å². The number of amides is 1. The second-order valence-electron chi connectivity index (χ2n) is 6.27. The summed E-state index contributed by atoms with van der Waals surface area (Å²) in [6.45, 7) is 10.4. The fourth-order valence-electron chi connectivity index (χ4n) is 2.39. The summed E-state index contributed by atoms with van der Waals surface area (Å²) in [7, 11) is 0. The van der Waals surface area contributed by atoms with E-state index in [1.165, 1.54) is 0 Å². The Morgan fingerprint density at radius 1 is 0.926 bits per heavy atom. The third-order valence-corrected chi connectivity index (χ3v) is 4.04. The van der Waals surface area contributed by atoms with E-state index < -0.39 is 11.9 Å². The van der Waals surface area contributed by atoms with Gasteiger partial charge in [0.2, 0.25) is 5.91 Å². The van der Waals surface area contributed by atoms with Crippen LogP contribution in [0.4, 0.5) is 5.69 Å². The molecule has 3 N–H and O–H groups in total. The van der Waals surface area contributed by atoms with E-state index in [0.29, 0.717) is 19.4 Å². The molecule has 152 valence electrons. The van der Waals surface area contributed by atoms with Crippen LogP contribution < -0.4 is 5.32 Å². The fraction of sp³-hybridized carbons (Fsp3) is 0.550. The number of unbranched alkanes of at least 4 members (excludes halogenated alkanes) is 1. The quantitative estimate of drug-likeness (QED) is 0.538. The van der Waals surface area contributed by atoms with Crippen LogP contribution in [0.5, 0.6) is 0 Å². The van der Waals surface area contributed by atoms with Crippen LogP contribution in [0.2, 0.25) is 0 Å². The first-order valence-corrected chi connectivity index (χ1v) is 9.23. The highest BCUT2D eigenvalue weighted by atomic mass is 16.4. The topological polar surface area (TPSA) is 107 Å². The maximum Gasteiger partial charge on any atom is 0.303 e. The smallest absolute Gasteiger partial charge is 0.303 e. The van der Waals surface area contributed by atoms with Gasteiger partial charge in [0.05, 0.1) is 6.54 Å². The number of benzene rings is 1. The van der Waals surface area contributed by atoms with Gasteiger partial charge in [-0.2, -0.15) is 0 Å². The lowest BCUT2D eigenvalue weighted by Crippen LogP contribution is -2.33. The van der Waals surface area contributed by atoms with E-state index in [4.69, 9.17) is 10.2 Å². The van der Waals surface area contributed by atoms with Gasteiger partial charge < -0.3 is 15.5 Å². The number of likely N-dealkylation sites (N-methyl/N-ethyl adjacent to an activating group) is 1. The van der Waals surface area contributed by atoms with Crippen molar-refractivity contribution in [1.29, 1.82) is 0 Å². The van der Waals surface area contributed by atoms with Crippen molar-refractivity contribution in [3.05, 3.63) is 29.3 Å². The van der Waals surface area contributed by atoms with E-state index in [9.17, 15) is 14.4 Å². The van der Waals surface area contributed by atoms with Crippen molar-refractivity contribution in [2.75, 3.05) is 25.0 Å². The maximum atomic E-state index is 11.9. The summed E-state index contributed by atoms with van der Waals surface area (Å²) >= 11 is 0. The molecule has 0 aliphatic rings. The van der Waals surface area contributed by atoms with Crippen LogP contribution in [0.15, 0.2) is 18.2 Å². The number of carbonyl (C=O) groups excluding carboxylic acids is 1. The van der Waals surface area contributed by atoms with Gasteiger partial charge in [0.1, 0.15) is 0 Å². The highest BCUT2D eigenvalue weighted by Crippen LogP contribution is 2.19. The predicted molar refractivity (Wildman–Crippen MR) is 106 cm³/mol. The first-order valence-electron chi connectivity index (χ1n) is 9.23. The van der Waals surface area contributed by atoms with Gasteiger partial charge in [0.15, 0.2) is 0 Å². The standard InChI is InChI=1S/C14H22N2O.C6H10O4/c1-5-16(6-2)10-13(17)15-14-11(3)8-7-9-12(14)4;7-5(8)3-1-2-4-6(9)10/h7-9H,5-6,10H2,1-4H3,(H,15,17);1-4H2,(H,7,8)(H,9,10). The van der Waals surface area contributed by atoms with Crippen molar-refractivity contribution >= 4 is 23.5 Å². The first-order chi connectivity index (χ1) is 12.7. The average molecular weight is 380 g/mol. The molecule has 1 amide bonds. The Bertz CT molecular complexity index is 576. The Labute approximate surface area is 161 Å². The molecule has 0 radical (unpaired) electrons. The van der Waals surface area contributed by atoms with Gasteiger partial charge in [0.25, 0.3) is 0 Å². The van der Waals surface area contributed by atoms with Crippen molar-refractivity contribution in [2.24, 2.45) is 0 Å². The molecule has 0 unspecified atom stereocenters. The van der Waals surface area contributed by atoms with Gasteiger partial charge in [-0.25, -0.2) is 0 Å². The highest BCUT2D eigenvalue weighted by Gasteiger charge is 2.10. The number of carboxylic acid groups (broad SMARTS) is 2. The molecule has 0 aromatic heterocycles. The van der Waals surface area contributed by atoms with Crippen LogP contribution in [0, 0.1) is 13.8 Å². The molecule has 7 nitrogen and oxygen atoms in total. The molecule has 1 aromatic carbocycles. The zero-order chi connectivity index (χ0) is 20.8. The van der Waals surface area contributed by atoms with E-state index in [-0.39, 0.29) is 18.7 Å². The molecule has 0 aliphatic heterocycles. The molecule has 7 heteroatoms. The summed E-state index contributed by atoms with van der Waals surface area (Å²) in [5, 5.41) is 19.3. The van der Waals surface area contributed by atoms with E-state index in [0.717, 1.165) is 29.9 Å². The molecule has 1 rings (SSSR count). The SMILES string of the molecule is CCN(CC)CC(=O)Nc1c(C)cccc1C.O=C(O)CCCCC(=O)O. The molecule has 0 saturated heterocycles. The molecule has 0 aliphatic carbocycles. The molecular weight excluding hydrogens is 348 g/mol. The van der Waals surface area contributed by atoms with Crippen LogP contribution in [0.3, 0.4) is 0 Å². The van der Waals surface area contributed by atoms with Crippen molar-refractivity contribution in [2.45, 2.75) is 53.4 Å². The fourth-order valence-corrected chi connectivity index (χ4v) is 2.39. The van der Waals surface area contributed by atoms with Crippen LogP contribution in [0.1, 0.15) is 50.7 Å². The molecule has 0 bridgehead atoms. The zero-order valence-corrected chi connectivity index (χ0v) is 16.7. The van der Waals surface area contributed by atoms with Crippen LogP contribution >= 0.6 is 0 Å². The Morgan fingerprint density at radius 3 is 1.74 bits per heavy atom. The molecular formula is C20H32N2O5. The average Bonchev–Trinajstić information content (AvgIpc) is 2.60. The lowest BCUT2D eigenvalue weighted by molar-refractivity contribution is -0.139. The molecule has 27 heavy (non-hydrogen) atoms. The predicted octanol–water partition coefficient (Wildman–Crippen LogP) is 3.30. The summed E-state index contributed by atoms with van der Waals surface area (Å²) in [5.41, 5.74) is 3.17. The molecule has 0 spiro atoms. The van der Waals surface area contributed by atoms with Crippen molar-refractivity contribution in [3.63, 3.8) is 0 Å². The van der Waals surface area contributed by atoms with Gasteiger partial charge in [-0.05, 0) is 50.9 Å². The summed E-state index contributed by atoms with van der Waals surface area (Å²) < 4.78 is 0. The highest BCUT2D eigenvalue weighted by molar-refractivity contribution is 5.93. The van der Waals surface area contributed by atoms with E-state index in [1.54, 1.807) is 0 Å². The summed E-state index contributed by atoms with van der Waals surface area (Å²) in [6.07, 6.45) is 1.02. The van der Waals surface area contributed by atoms with Crippen LogP contribution in [0.25, 0.3) is 0 Å². The number of aryl methyl sites for hydroxylation is 2. The number of carbonyl (C=O) groups is 3. The molecule has 0 atom stereocenters. The minimum absolute atomic E-state index is 0.0612. The minimum atomic E-state index is -0.870. The normalized spacial score (nSPS) is 10.1. The number of hydrogen-bond acceptors (Lipinski definition) is 4. The Morgan fingerprint density at radius 2 is 1.37 bits per heavy atom. The summed E-state index contributed by atoms with van der Waals surface area (Å²) in [6, 6.07) is 6.03.